The molecule has 0 radical (unpaired) electrons. The molecule has 0 amide bonds. The first-order valence-corrected chi connectivity index (χ1v) is 35.3. The number of rotatable bonds is 42. The highest BCUT2D eigenvalue weighted by Crippen LogP contribution is 2.27. The van der Waals surface area contributed by atoms with E-state index in [9.17, 15) is 43.2 Å². The summed E-state index contributed by atoms with van der Waals surface area (Å²) in [4.78, 5) is 109. The average Bonchev–Trinajstić information content (AvgIpc) is 0.847. The standard InChI is InChI=1S/C52H50O14.C34H38O7/c1-3-47(53)61-35-11-7-5-9-33-59-41-21-13-37(14-22-41)49(55)63-43-25-17-39(18-26-43)51(57)65-45-29-31-46(32-30-45)66-52(58)40-19-27-44(28-20-40)64-50(56)38-15-23-42(24-16-38)60-34-10-6-8-12-36-62-48(54)4-2;1-4-25(3)24-40-33(36)28-12-10-26(11-13-28)27-14-20-31(21-15-27)41-34(37)29-16-18-30(19-17-29)38-22-8-6-7-9-23-39-32(35)5-2/h3-4,13-32H,1-2,5-12,33-36H2;5,10-21,25H,2,4,6-9,22-24H2,1,3H3. The van der Waals surface area contributed by atoms with Gasteiger partial charge in [-0.3, -0.25) is 0 Å². The van der Waals surface area contributed by atoms with Crippen molar-refractivity contribution < 1.29 is 100.0 Å². The smallest absolute Gasteiger partial charge is 0.343 e. The maximum absolute atomic E-state index is 12.8. The predicted molar refractivity (Wildman–Crippen MR) is 400 cm³/mol. The van der Waals surface area contributed by atoms with Crippen molar-refractivity contribution in [1.29, 1.82) is 0 Å². The van der Waals surface area contributed by atoms with Gasteiger partial charge in [0, 0.05) is 18.2 Å². The van der Waals surface area contributed by atoms with Crippen LogP contribution in [-0.4, -0.2) is 100.0 Å². The van der Waals surface area contributed by atoms with Crippen molar-refractivity contribution in [2.24, 2.45) is 5.92 Å². The number of hydrogen-bond donors (Lipinski definition) is 0. The molecule has 0 aliphatic heterocycles. The van der Waals surface area contributed by atoms with Crippen LogP contribution in [0.4, 0.5) is 0 Å². The molecule has 8 aromatic carbocycles. The van der Waals surface area contributed by atoms with Crippen molar-refractivity contribution in [3.05, 3.63) is 265 Å². The Labute approximate surface area is 622 Å². The molecule has 8 rings (SSSR count). The van der Waals surface area contributed by atoms with E-state index < -0.39 is 47.8 Å². The second-order valence-corrected chi connectivity index (χ2v) is 24.2. The van der Waals surface area contributed by atoms with Gasteiger partial charge in [-0.25, -0.2) is 43.2 Å². The summed E-state index contributed by atoms with van der Waals surface area (Å²) < 4.78 is 64.8. The zero-order valence-electron chi connectivity index (χ0n) is 60.1. The summed E-state index contributed by atoms with van der Waals surface area (Å²) in [5.74, 6) is -0.946. The van der Waals surface area contributed by atoms with Crippen LogP contribution in [0.1, 0.15) is 159 Å². The normalized spacial score (nSPS) is 10.7. The molecule has 0 N–H and O–H groups in total. The van der Waals surface area contributed by atoms with Gasteiger partial charge in [-0.15, -0.1) is 0 Å². The summed E-state index contributed by atoms with van der Waals surface area (Å²) in [5.41, 5.74) is 3.86. The van der Waals surface area contributed by atoms with Crippen molar-refractivity contribution in [1.82, 2.24) is 0 Å². The molecular formula is C86H88O21. The van der Waals surface area contributed by atoms with Crippen molar-refractivity contribution in [2.75, 3.05) is 46.2 Å². The van der Waals surface area contributed by atoms with Gasteiger partial charge in [0.2, 0.25) is 0 Å². The number of esters is 9. The molecule has 8 aromatic rings. The molecular weight excluding hydrogens is 1370 g/mol. The lowest BCUT2D eigenvalue weighted by atomic mass is 10.0. The number of benzene rings is 8. The second kappa shape index (κ2) is 45.7. The van der Waals surface area contributed by atoms with Crippen LogP contribution in [0.2, 0.25) is 0 Å². The molecule has 0 aliphatic carbocycles. The van der Waals surface area contributed by atoms with Gasteiger partial charge in [0.1, 0.15) is 46.0 Å². The van der Waals surface area contributed by atoms with E-state index in [1.54, 1.807) is 97.1 Å². The van der Waals surface area contributed by atoms with E-state index in [1.165, 1.54) is 72.8 Å². The van der Waals surface area contributed by atoms with Crippen LogP contribution in [0.5, 0.6) is 46.0 Å². The van der Waals surface area contributed by atoms with Gasteiger partial charge < -0.3 is 56.8 Å². The highest BCUT2D eigenvalue weighted by Gasteiger charge is 2.18. The molecule has 0 heterocycles. The summed E-state index contributed by atoms with van der Waals surface area (Å²) in [6.07, 6.45) is 14.8. The van der Waals surface area contributed by atoms with Crippen LogP contribution in [0, 0.1) is 5.92 Å². The van der Waals surface area contributed by atoms with E-state index >= 15 is 0 Å². The summed E-state index contributed by atoms with van der Waals surface area (Å²) in [6.45, 7) is 17.3. The van der Waals surface area contributed by atoms with Gasteiger partial charge in [0.25, 0.3) is 0 Å². The summed E-state index contributed by atoms with van der Waals surface area (Å²) in [6, 6.07) is 52.1. The Bertz CT molecular complexity index is 4000. The van der Waals surface area contributed by atoms with Crippen LogP contribution in [0.25, 0.3) is 11.1 Å². The maximum atomic E-state index is 12.8. The van der Waals surface area contributed by atoms with E-state index in [0.717, 1.165) is 113 Å². The molecule has 1 atom stereocenters. The molecule has 0 aromatic heterocycles. The second-order valence-electron chi connectivity index (χ2n) is 24.2. The maximum Gasteiger partial charge on any atom is 0.343 e. The lowest BCUT2D eigenvalue weighted by Crippen LogP contribution is -2.11. The van der Waals surface area contributed by atoms with Crippen molar-refractivity contribution in [3.63, 3.8) is 0 Å². The Kier molecular flexibility index (Phi) is 34.9. The number of carbonyl (C=O) groups is 9. The monoisotopic (exact) mass is 1460 g/mol. The quantitative estimate of drug-likeness (QED) is 0.0113. The fraction of sp³-hybridized carbons (Fsp3) is 0.267. The molecule has 0 aliphatic rings. The fourth-order valence-electron chi connectivity index (χ4n) is 9.66. The van der Waals surface area contributed by atoms with E-state index in [0.29, 0.717) is 97.4 Å². The van der Waals surface area contributed by atoms with Crippen LogP contribution < -0.4 is 37.9 Å². The minimum Gasteiger partial charge on any atom is -0.494 e. The van der Waals surface area contributed by atoms with Gasteiger partial charge in [-0.05, 0) is 264 Å². The topological polar surface area (TPSA) is 264 Å². The first-order chi connectivity index (χ1) is 52.0. The SMILES string of the molecule is C=CC(=O)OCCCCCCOc1ccc(C(=O)Oc2ccc(-c3ccc(C(=O)OCC(C)CC)cc3)cc2)cc1.C=CC(=O)OCCCCCCOc1ccc(C(=O)Oc2ccc(C(=O)Oc3ccc(OC(=O)c4ccc(OC(=O)c5ccc(OCCCCCCOC(=O)C=C)cc5)cc4)cc3)cc2)cc1. The average molecular weight is 1460 g/mol. The Balaban J connectivity index is 0.000000333. The third-order valence-corrected chi connectivity index (χ3v) is 16.0. The van der Waals surface area contributed by atoms with Gasteiger partial charge >= 0.3 is 53.7 Å². The number of ether oxygens (including phenoxy) is 12. The molecule has 1 unspecified atom stereocenters. The molecule has 0 saturated heterocycles. The highest BCUT2D eigenvalue weighted by atomic mass is 16.6. The predicted octanol–water partition coefficient (Wildman–Crippen LogP) is 17.3. The van der Waals surface area contributed by atoms with Crippen LogP contribution in [0.15, 0.2) is 232 Å². The zero-order valence-corrected chi connectivity index (χ0v) is 60.1. The lowest BCUT2D eigenvalue weighted by Gasteiger charge is -2.10. The van der Waals surface area contributed by atoms with Crippen LogP contribution >= 0.6 is 0 Å². The van der Waals surface area contributed by atoms with E-state index in [-0.39, 0.29) is 40.1 Å². The molecule has 0 fully saturated rings. The summed E-state index contributed by atoms with van der Waals surface area (Å²) in [7, 11) is 0. The minimum atomic E-state index is -0.657. The summed E-state index contributed by atoms with van der Waals surface area (Å²) >= 11 is 0. The lowest BCUT2D eigenvalue weighted by molar-refractivity contribution is -0.138. The Hall–Kier alpha value is -12.4. The minimum absolute atomic E-state index is 0.203. The molecule has 0 saturated carbocycles. The Morgan fingerprint density at radius 2 is 0.477 bits per heavy atom. The van der Waals surface area contributed by atoms with E-state index in [4.69, 9.17) is 56.8 Å². The van der Waals surface area contributed by atoms with E-state index in [1.807, 2.05) is 31.2 Å². The number of hydrogen-bond acceptors (Lipinski definition) is 21. The van der Waals surface area contributed by atoms with Gasteiger partial charge in [0.05, 0.1) is 79.6 Å². The molecule has 558 valence electrons. The zero-order chi connectivity index (χ0) is 76.4. The van der Waals surface area contributed by atoms with Gasteiger partial charge in [-0.1, -0.05) is 64.3 Å². The van der Waals surface area contributed by atoms with Crippen molar-refractivity contribution in [3.8, 4) is 57.1 Å². The van der Waals surface area contributed by atoms with Gasteiger partial charge in [0.15, 0.2) is 0 Å². The Morgan fingerprint density at radius 1 is 0.271 bits per heavy atom. The first-order valence-electron chi connectivity index (χ1n) is 35.3. The molecule has 21 heteroatoms. The molecule has 0 bridgehead atoms. The van der Waals surface area contributed by atoms with Crippen molar-refractivity contribution in [2.45, 2.75) is 97.3 Å². The molecule has 107 heavy (non-hydrogen) atoms. The third-order valence-electron chi connectivity index (χ3n) is 16.0. The van der Waals surface area contributed by atoms with Crippen molar-refractivity contribution >= 4 is 53.7 Å². The number of carbonyl (C=O) groups excluding carboxylic acids is 9. The first kappa shape index (κ1) is 81.9. The van der Waals surface area contributed by atoms with Crippen LogP contribution in [0.3, 0.4) is 0 Å². The number of unbranched alkanes of at least 4 members (excludes halogenated alkanes) is 9. The van der Waals surface area contributed by atoms with Gasteiger partial charge in [-0.2, -0.15) is 0 Å². The van der Waals surface area contributed by atoms with Crippen LogP contribution in [-0.2, 0) is 33.3 Å². The fourth-order valence-corrected chi connectivity index (χ4v) is 9.66. The molecule has 0 spiro atoms. The summed E-state index contributed by atoms with van der Waals surface area (Å²) in [5, 5.41) is 0. The third kappa shape index (κ3) is 30.1. The molecule has 21 nitrogen and oxygen atoms in total. The van der Waals surface area contributed by atoms with E-state index in [2.05, 4.69) is 26.7 Å². The highest BCUT2D eigenvalue weighted by molar-refractivity contribution is 5.95. The Morgan fingerprint density at radius 3 is 0.729 bits per heavy atom. The largest absolute Gasteiger partial charge is 0.494 e.